The summed E-state index contributed by atoms with van der Waals surface area (Å²) in [7, 11) is -3.80. The molecule has 0 aliphatic carbocycles. The van der Waals surface area contributed by atoms with Crippen LogP contribution < -0.4 is 9.62 Å². The summed E-state index contributed by atoms with van der Waals surface area (Å²) in [5, 5.41) is 3.23. The summed E-state index contributed by atoms with van der Waals surface area (Å²) in [6.45, 7) is 7.00. The van der Waals surface area contributed by atoms with Crippen molar-refractivity contribution in [1.29, 1.82) is 0 Å². The van der Waals surface area contributed by atoms with E-state index in [-0.39, 0.29) is 18.5 Å². The maximum atomic E-state index is 13.6. The zero-order valence-electron chi connectivity index (χ0n) is 19.7. The highest BCUT2D eigenvalue weighted by atomic mass is 35.5. The van der Waals surface area contributed by atoms with Gasteiger partial charge in [0.1, 0.15) is 12.6 Å². The second-order valence-corrected chi connectivity index (χ2v) is 10.6. The van der Waals surface area contributed by atoms with Crippen molar-refractivity contribution < 1.29 is 18.0 Å². The SMILES string of the molecule is CC[C@H](C(=O)NC(C)C)N(Cc1ccccc1)C(=O)CN(c1cc(Cl)ccc1C)S(C)(=O)=O. The van der Waals surface area contributed by atoms with Crippen LogP contribution in [0.3, 0.4) is 0 Å². The van der Waals surface area contributed by atoms with Gasteiger partial charge in [0.25, 0.3) is 0 Å². The molecular weight excluding hydrogens is 462 g/mol. The van der Waals surface area contributed by atoms with Gasteiger partial charge in [0.05, 0.1) is 11.9 Å². The lowest BCUT2D eigenvalue weighted by Gasteiger charge is -2.33. The third kappa shape index (κ3) is 7.47. The van der Waals surface area contributed by atoms with Crippen molar-refractivity contribution in [3.05, 3.63) is 64.7 Å². The second kappa shape index (κ2) is 11.5. The standard InChI is InChI=1S/C24H32ClN3O4S/c1-6-21(24(30)26-17(2)3)27(15-19-10-8-7-9-11-19)23(29)16-28(33(5,31)32)22-14-20(25)13-12-18(22)4/h7-14,17,21H,6,15-16H2,1-5H3,(H,26,30)/t21-/m1/s1. The molecule has 0 heterocycles. The van der Waals surface area contributed by atoms with Crippen LogP contribution >= 0.6 is 11.6 Å². The number of anilines is 1. The lowest BCUT2D eigenvalue weighted by molar-refractivity contribution is -0.140. The molecule has 1 atom stereocenters. The van der Waals surface area contributed by atoms with Crippen molar-refractivity contribution in [3.8, 4) is 0 Å². The molecule has 0 saturated heterocycles. The van der Waals surface area contributed by atoms with E-state index in [4.69, 9.17) is 11.6 Å². The zero-order valence-corrected chi connectivity index (χ0v) is 21.3. The first-order chi connectivity index (χ1) is 15.4. The van der Waals surface area contributed by atoms with E-state index in [0.717, 1.165) is 16.1 Å². The number of carbonyl (C=O) groups is 2. The van der Waals surface area contributed by atoms with Crippen LogP contribution in [0.15, 0.2) is 48.5 Å². The summed E-state index contributed by atoms with van der Waals surface area (Å²) in [5.41, 5.74) is 1.83. The predicted octanol–water partition coefficient (Wildman–Crippen LogP) is 3.75. The molecule has 2 aromatic carbocycles. The first kappa shape index (κ1) is 26.7. The van der Waals surface area contributed by atoms with Gasteiger partial charge in [-0.25, -0.2) is 8.42 Å². The zero-order chi connectivity index (χ0) is 24.8. The molecule has 0 unspecified atom stereocenters. The monoisotopic (exact) mass is 493 g/mol. The molecule has 2 aromatic rings. The Hall–Kier alpha value is -2.58. The van der Waals surface area contributed by atoms with E-state index in [0.29, 0.717) is 22.7 Å². The van der Waals surface area contributed by atoms with Crippen molar-refractivity contribution in [2.24, 2.45) is 0 Å². The average molecular weight is 494 g/mol. The first-order valence-corrected chi connectivity index (χ1v) is 13.0. The number of halogens is 1. The topological polar surface area (TPSA) is 86.8 Å². The number of rotatable bonds is 10. The van der Waals surface area contributed by atoms with Crippen LogP contribution in [0.1, 0.15) is 38.3 Å². The van der Waals surface area contributed by atoms with Crippen molar-refractivity contribution >= 4 is 39.1 Å². The Balaban J connectivity index is 2.46. The molecule has 1 N–H and O–H groups in total. The summed E-state index contributed by atoms with van der Waals surface area (Å²) in [5.74, 6) is -0.754. The quantitative estimate of drug-likeness (QED) is 0.546. The fraction of sp³-hybridized carbons (Fsp3) is 0.417. The molecule has 0 saturated carbocycles. The Kier molecular flexibility index (Phi) is 9.31. The molecule has 0 bridgehead atoms. The molecule has 0 aliphatic heterocycles. The Bertz CT molecular complexity index is 1070. The van der Waals surface area contributed by atoms with E-state index >= 15 is 0 Å². The number of benzene rings is 2. The molecule has 0 aromatic heterocycles. The van der Waals surface area contributed by atoms with Crippen LogP contribution in [0.25, 0.3) is 0 Å². The fourth-order valence-electron chi connectivity index (χ4n) is 3.53. The van der Waals surface area contributed by atoms with E-state index in [1.807, 2.05) is 51.1 Å². The highest BCUT2D eigenvalue weighted by Gasteiger charge is 2.32. The minimum Gasteiger partial charge on any atom is -0.352 e. The van der Waals surface area contributed by atoms with Gasteiger partial charge in [-0.2, -0.15) is 0 Å². The van der Waals surface area contributed by atoms with Gasteiger partial charge in [0.2, 0.25) is 21.8 Å². The van der Waals surface area contributed by atoms with Gasteiger partial charge in [0.15, 0.2) is 0 Å². The number of carbonyl (C=O) groups excluding carboxylic acids is 2. The summed E-state index contributed by atoms with van der Waals surface area (Å²) in [4.78, 5) is 27.9. The maximum absolute atomic E-state index is 13.6. The van der Waals surface area contributed by atoms with Gasteiger partial charge in [-0.1, -0.05) is 54.9 Å². The van der Waals surface area contributed by atoms with Crippen molar-refractivity contribution in [2.75, 3.05) is 17.1 Å². The van der Waals surface area contributed by atoms with Crippen molar-refractivity contribution in [3.63, 3.8) is 0 Å². The number of amides is 2. The van der Waals surface area contributed by atoms with Crippen LogP contribution in [-0.2, 0) is 26.2 Å². The Morgan fingerprint density at radius 3 is 2.27 bits per heavy atom. The van der Waals surface area contributed by atoms with E-state index in [9.17, 15) is 18.0 Å². The van der Waals surface area contributed by atoms with Crippen LogP contribution in [-0.4, -0.2) is 50.0 Å². The number of aryl methyl sites for hydroxylation is 1. The maximum Gasteiger partial charge on any atom is 0.244 e. The highest BCUT2D eigenvalue weighted by Crippen LogP contribution is 2.27. The molecule has 0 spiro atoms. The van der Waals surface area contributed by atoms with E-state index in [1.54, 1.807) is 19.1 Å². The number of sulfonamides is 1. The van der Waals surface area contributed by atoms with Gasteiger partial charge in [-0.05, 0) is 50.5 Å². The van der Waals surface area contributed by atoms with E-state index in [1.165, 1.54) is 11.0 Å². The molecule has 33 heavy (non-hydrogen) atoms. The minimum absolute atomic E-state index is 0.0955. The third-order valence-electron chi connectivity index (χ3n) is 5.13. The van der Waals surface area contributed by atoms with E-state index in [2.05, 4.69) is 5.32 Å². The summed E-state index contributed by atoms with van der Waals surface area (Å²) >= 11 is 6.11. The van der Waals surface area contributed by atoms with Gasteiger partial charge < -0.3 is 10.2 Å². The number of hydrogen-bond acceptors (Lipinski definition) is 4. The molecule has 2 rings (SSSR count). The lowest BCUT2D eigenvalue weighted by Crippen LogP contribution is -2.53. The Morgan fingerprint density at radius 2 is 1.73 bits per heavy atom. The summed E-state index contributed by atoms with van der Waals surface area (Å²) in [6, 6.07) is 13.3. The summed E-state index contributed by atoms with van der Waals surface area (Å²) < 4.78 is 26.4. The molecule has 0 aliphatic rings. The molecule has 2 amide bonds. The molecule has 0 radical (unpaired) electrons. The highest BCUT2D eigenvalue weighted by molar-refractivity contribution is 7.92. The van der Waals surface area contributed by atoms with Crippen LogP contribution in [0.4, 0.5) is 5.69 Å². The van der Waals surface area contributed by atoms with E-state index < -0.39 is 28.5 Å². The third-order valence-corrected chi connectivity index (χ3v) is 6.49. The van der Waals surface area contributed by atoms with Crippen molar-refractivity contribution in [2.45, 2.75) is 52.7 Å². The normalized spacial score (nSPS) is 12.3. The smallest absolute Gasteiger partial charge is 0.244 e. The summed E-state index contributed by atoms with van der Waals surface area (Å²) in [6.07, 6.45) is 1.43. The molecule has 0 fully saturated rings. The molecular formula is C24H32ClN3O4S. The fourth-order valence-corrected chi connectivity index (χ4v) is 4.59. The lowest BCUT2D eigenvalue weighted by atomic mass is 10.1. The van der Waals surface area contributed by atoms with Crippen LogP contribution in [0.2, 0.25) is 5.02 Å². The van der Waals surface area contributed by atoms with Gasteiger partial charge in [-0.3, -0.25) is 13.9 Å². The Morgan fingerprint density at radius 1 is 1.09 bits per heavy atom. The van der Waals surface area contributed by atoms with Crippen LogP contribution in [0.5, 0.6) is 0 Å². The molecule has 9 heteroatoms. The van der Waals surface area contributed by atoms with Gasteiger partial charge in [0, 0.05) is 17.6 Å². The predicted molar refractivity (Wildman–Crippen MR) is 133 cm³/mol. The first-order valence-electron chi connectivity index (χ1n) is 10.8. The number of nitrogens with one attached hydrogen (secondary N) is 1. The molecule has 7 nitrogen and oxygen atoms in total. The Labute approximate surface area is 201 Å². The van der Waals surface area contributed by atoms with Crippen LogP contribution in [0, 0.1) is 6.92 Å². The van der Waals surface area contributed by atoms with Gasteiger partial charge in [-0.15, -0.1) is 0 Å². The van der Waals surface area contributed by atoms with Crippen molar-refractivity contribution in [1.82, 2.24) is 10.2 Å². The molecule has 180 valence electrons. The minimum atomic E-state index is -3.80. The number of hydrogen-bond donors (Lipinski definition) is 1. The largest absolute Gasteiger partial charge is 0.352 e. The number of nitrogens with zero attached hydrogens (tertiary/aromatic N) is 2. The second-order valence-electron chi connectivity index (χ2n) is 8.30. The average Bonchev–Trinajstić information content (AvgIpc) is 2.73. The van der Waals surface area contributed by atoms with Gasteiger partial charge >= 0.3 is 0 Å².